The molecule has 0 saturated heterocycles. The lowest BCUT2D eigenvalue weighted by Crippen LogP contribution is -2.37. The van der Waals surface area contributed by atoms with Gasteiger partial charge in [-0.2, -0.15) is 0 Å². The summed E-state index contributed by atoms with van der Waals surface area (Å²) in [7, 11) is 0. The highest BCUT2D eigenvalue weighted by Crippen LogP contribution is 2.10. The number of carboxylic acid groups (broad SMARTS) is 1. The molecule has 0 aliphatic rings. The number of aromatic carboxylic acids is 1. The van der Waals surface area contributed by atoms with Crippen LogP contribution in [-0.2, 0) is 11.2 Å². The number of benzene rings is 1. The Morgan fingerprint density at radius 3 is 1.86 bits per heavy atom. The molecule has 0 saturated carbocycles. The van der Waals surface area contributed by atoms with Crippen molar-refractivity contribution in [2.75, 3.05) is 13.1 Å². The quantitative estimate of drug-likeness (QED) is 0.840. The summed E-state index contributed by atoms with van der Waals surface area (Å²) in [5, 5.41) is 8.87. The number of hydrogen-bond donors (Lipinski definition) is 1. The van der Waals surface area contributed by atoms with Crippen molar-refractivity contribution < 1.29 is 14.7 Å². The normalized spacial score (nSPS) is 11.0. The van der Waals surface area contributed by atoms with Crippen LogP contribution in [0.1, 0.15) is 43.6 Å². The van der Waals surface area contributed by atoms with Crippen LogP contribution in [0.3, 0.4) is 0 Å². The van der Waals surface area contributed by atoms with E-state index in [0.717, 1.165) is 18.7 Å². The molecule has 1 aromatic carbocycles. The Morgan fingerprint density at radius 2 is 1.48 bits per heavy atom. The van der Waals surface area contributed by atoms with E-state index in [0.29, 0.717) is 18.3 Å². The lowest BCUT2D eigenvalue weighted by molar-refractivity contribution is -0.131. The highest BCUT2D eigenvalue weighted by molar-refractivity contribution is 5.87. The maximum Gasteiger partial charge on any atom is 0.335 e. The fourth-order valence-electron chi connectivity index (χ4n) is 2.21. The second kappa shape index (κ2) is 7.81. The minimum atomic E-state index is -0.950. The van der Waals surface area contributed by atoms with Gasteiger partial charge in [0.25, 0.3) is 0 Å². The van der Waals surface area contributed by atoms with E-state index in [1.807, 2.05) is 4.90 Å². The van der Waals surface area contributed by atoms with Crippen molar-refractivity contribution in [1.82, 2.24) is 4.90 Å². The molecule has 21 heavy (non-hydrogen) atoms. The van der Waals surface area contributed by atoms with E-state index in [9.17, 15) is 9.59 Å². The SMILES string of the molecule is CC(C)CN(CC(C)C)C(=O)Cc1ccc(C(=O)O)cc1. The second-order valence-corrected chi connectivity index (χ2v) is 6.27. The van der Waals surface area contributed by atoms with E-state index in [1.54, 1.807) is 24.3 Å². The average Bonchev–Trinajstić information content (AvgIpc) is 2.37. The molecule has 0 aromatic heterocycles. The van der Waals surface area contributed by atoms with Crippen LogP contribution in [0.2, 0.25) is 0 Å². The van der Waals surface area contributed by atoms with Crippen molar-refractivity contribution in [3.05, 3.63) is 35.4 Å². The highest BCUT2D eigenvalue weighted by atomic mass is 16.4. The van der Waals surface area contributed by atoms with Crippen LogP contribution in [0.25, 0.3) is 0 Å². The van der Waals surface area contributed by atoms with E-state index in [2.05, 4.69) is 27.7 Å². The number of carboxylic acids is 1. The van der Waals surface area contributed by atoms with Gasteiger partial charge in [-0.3, -0.25) is 4.79 Å². The number of carbonyl (C=O) groups is 2. The van der Waals surface area contributed by atoms with E-state index >= 15 is 0 Å². The van der Waals surface area contributed by atoms with Gasteiger partial charge in [0.2, 0.25) is 5.91 Å². The molecule has 1 amide bonds. The van der Waals surface area contributed by atoms with Crippen molar-refractivity contribution in [1.29, 1.82) is 0 Å². The predicted molar refractivity (Wildman–Crippen MR) is 83.4 cm³/mol. The minimum Gasteiger partial charge on any atom is -0.478 e. The van der Waals surface area contributed by atoms with Crippen LogP contribution in [0.5, 0.6) is 0 Å². The van der Waals surface area contributed by atoms with Gasteiger partial charge in [0.05, 0.1) is 12.0 Å². The molecule has 4 nitrogen and oxygen atoms in total. The number of hydrogen-bond acceptors (Lipinski definition) is 2. The van der Waals surface area contributed by atoms with Crippen LogP contribution in [0.15, 0.2) is 24.3 Å². The second-order valence-electron chi connectivity index (χ2n) is 6.27. The summed E-state index contributed by atoms with van der Waals surface area (Å²) in [6.07, 6.45) is 0.319. The third-order valence-electron chi connectivity index (χ3n) is 3.08. The van der Waals surface area contributed by atoms with Gasteiger partial charge in [-0.1, -0.05) is 39.8 Å². The summed E-state index contributed by atoms with van der Waals surface area (Å²) in [6.45, 7) is 9.91. The molecular weight excluding hydrogens is 266 g/mol. The standard InChI is InChI=1S/C17H25NO3/c1-12(2)10-18(11-13(3)4)16(19)9-14-5-7-15(8-6-14)17(20)21/h5-8,12-13H,9-11H2,1-4H3,(H,20,21). The summed E-state index contributed by atoms with van der Waals surface area (Å²) < 4.78 is 0. The molecule has 0 aliphatic heterocycles. The Labute approximate surface area is 126 Å². The van der Waals surface area contributed by atoms with E-state index in [-0.39, 0.29) is 11.5 Å². The fourth-order valence-corrected chi connectivity index (χ4v) is 2.21. The van der Waals surface area contributed by atoms with E-state index in [4.69, 9.17) is 5.11 Å². The largest absolute Gasteiger partial charge is 0.478 e. The summed E-state index contributed by atoms with van der Waals surface area (Å²) in [5.74, 6) is 0.0127. The van der Waals surface area contributed by atoms with Gasteiger partial charge < -0.3 is 10.0 Å². The first-order valence-electron chi connectivity index (χ1n) is 7.39. The van der Waals surface area contributed by atoms with Crippen LogP contribution >= 0.6 is 0 Å². The molecule has 116 valence electrons. The van der Waals surface area contributed by atoms with E-state index < -0.39 is 5.97 Å². The summed E-state index contributed by atoms with van der Waals surface area (Å²) >= 11 is 0. The van der Waals surface area contributed by atoms with Gasteiger partial charge in [0.15, 0.2) is 0 Å². The van der Waals surface area contributed by atoms with Crippen molar-refractivity contribution in [3.8, 4) is 0 Å². The summed E-state index contributed by atoms with van der Waals surface area (Å²) in [5.41, 5.74) is 1.09. The number of carbonyl (C=O) groups excluding carboxylic acids is 1. The topological polar surface area (TPSA) is 57.6 Å². The monoisotopic (exact) mass is 291 g/mol. The zero-order chi connectivity index (χ0) is 16.0. The molecule has 1 rings (SSSR count). The Balaban J connectivity index is 2.73. The van der Waals surface area contributed by atoms with Gasteiger partial charge in [-0.05, 0) is 29.5 Å². The molecule has 4 heteroatoms. The van der Waals surface area contributed by atoms with Crippen molar-refractivity contribution in [2.45, 2.75) is 34.1 Å². The zero-order valence-electron chi connectivity index (χ0n) is 13.3. The lowest BCUT2D eigenvalue weighted by atomic mass is 10.1. The van der Waals surface area contributed by atoms with Crippen molar-refractivity contribution in [3.63, 3.8) is 0 Å². The molecular formula is C17H25NO3. The van der Waals surface area contributed by atoms with Crippen molar-refractivity contribution in [2.24, 2.45) is 11.8 Å². The lowest BCUT2D eigenvalue weighted by Gasteiger charge is -2.26. The molecule has 0 atom stereocenters. The number of amides is 1. The van der Waals surface area contributed by atoms with Gasteiger partial charge in [-0.15, -0.1) is 0 Å². The smallest absolute Gasteiger partial charge is 0.335 e. The molecule has 1 N–H and O–H groups in total. The molecule has 0 unspecified atom stereocenters. The third kappa shape index (κ3) is 5.98. The third-order valence-corrected chi connectivity index (χ3v) is 3.08. The molecule has 0 radical (unpaired) electrons. The summed E-state index contributed by atoms with van der Waals surface area (Å²) in [6, 6.07) is 6.51. The maximum atomic E-state index is 12.4. The Kier molecular flexibility index (Phi) is 6.40. The van der Waals surface area contributed by atoms with Crippen molar-refractivity contribution >= 4 is 11.9 Å². The average molecular weight is 291 g/mol. The van der Waals surface area contributed by atoms with E-state index in [1.165, 1.54) is 0 Å². The predicted octanol–water partition coefficient (Wildman–Crippen LogP) is 3.07. The van der Waals surface area contributed by atoms with Gasteiger partial charge in [-0.25, -0.2) is 4.79 Å². The first kappa shape index (κ1) is 17.2. The Bertz CT molecular complexity index is 467. The minimum absolute atomic E-state index is 0.0977. The molecule has 0 aliphatic carbocycles. The fraction of sp³-hybridized carbons (Fsp3) is 0.529. The van der Waals surface area contributed by atoms with Gasteiger partial charge in [0.1, 0.15) is 0 Å². The van der Waals surface area contributed by atoms with Gasteiger partial charge >= 0.3 is 5.97 Å². The first-order chi connectivity index (χ1) is 9.79. The molecule has 0 fully saturated rings. The van der Waals surface area contributed by atoms with Gasteiger partial charge in [0, 0.05) is 13.1 Å². The van der Waals surface area contributed by atoms with Crippen LogP contribution in [0, 0.1) is 11.8 Å². The zero-order valence-corrected chi connectivity index (χ0v) is 13.3. The Morgan fingerprint density at radius 1 is 1.00 bits per heavy atom. The molecule has 0 bridgehead atoms. The molecule has 0 heterocycles. The first-order valence-corrected chi connectivity index (χ1v) is 7.39. The summed E-state index contributed by atoms with van der Waals surface area (Å²) in [4.78, 5) is 25.1. The number of nitrogens with zero attached hydrogens (tertiary/aromatic N) is 1. The maximum absolute atomic E-state index is 12.4. The Hall–Kier alpha value is -1.84. The highest BCUT2D eigenvalue weighted by Gasteiger charge is 2.16. The van der Waals surface area contributed by atoms with Crippen LogP contribution in [-0.4, -0.2) is 35.0 Å². The molecule has 1 aromatic rings. The van der Waals surface area contributed by atoms with Crippen LogP contribution < -0.4 is 0 Å². The molecule has 0 spiro atoms. The van der Waals surface area contributed by atoms with Crippen LogP contribution in [0.4, 0.5) is 0 Å². The number of rotatable bonds is 7.